The van der Waals surface area contributed by atoms with Gasteiger partial charge in [0, 0.05) is 6.42 Å². The van der Waals surface area contributed by atoms with E-state index in [1.807, 2.05) is 13.0 Å². The summed E-state index contributed by atoms with van der Waals surface area (Å²) in [7, 11) is 0. The highest BCUT2D eigenvalue weighted by Gasteiger charge is 2.23. The van der Waals surface area contributed by atoms with Gasteiger partial charge in [0.05, 0.1) is 6.61 Å². The van der Waals surface area contributed by atoms with Gasteiger partial charge in [-0.15, -0.1) is 6.58 Å². The van der Waals surface area contributed by atoms with Crippen molar-refractivity contribution >= 4 is 5.97 Å². The Morgan fingerprint density at radius 2 is 2.05 bits per heavy atom. The molecular formula is C15H26O4. The molecule has 1 aliphatic rings. The van der Waals surface area contributed by atoms with Crippen LogP contribution in [0.15, 0.2) is 12.7 Å². The zero-order chi connectivity index (χ0) is 13.9. The van der Waals surface area contributed by atoms with Crippen molar-refractivity contribution in [3.8, 4) is 0 Å². The lowest BCUT2D eigenvalue weighted by Crippen LogP contribution is -2.21. The second kappa shape index (κ2) is 9.98. The van der Waals surface area contributed by atoms with Crippen molar-refractivity contribution in [1.29, 1.82) is 0 Å². The molecule has 0 spiro atoms. The van der Waals surface area contributed by atoms with E-state index in [4.69, 9.17) is 14.2 Å². The Bertz CT molecular complexity index is 265. The highest BCUT2D eigenvalue weighted by Crippen LogP contribution is 2.12. The van der Waals surface area contributed by atoms with Crippen LogP contribution >= 0.6 is 0 Å². The molecule has 19 heavy (non-hydrogen) atoms. The molecular weight excluding hydrogens is 244 g/mol. The zero-order valence-electron chi connectivity index (χ0n) is 11.9. The third-order valence-corrected chi connectivity index (χ3v) is 3.12. The minimum absolute atomic E-state index is 0.0992. The standard InChI is InChI=1S/C15H26O4/c1-3-4-5-6-7-8-9-10-15(16)18-12-14-11-17-13(2)19-14/h3,13-14H,1,4-12H2,2H3. The fourth-order valence-corrected chi connectivity index (χ4v) is 2.03. The quantitative estimate of drug-likeness (QED) is 0.347. The number of allylic oxidation sites excluding steroid dienone is 1. The minimum atomic E-state index is -0.181. The number of hydrogen-bond donors (Lipinski definition) is 0. The summed E-state index contributed by atoms with van der Waals surface area (Å²) in [6.07, 6.45) is 8.85. The van der Waals surface area contributed by atoms with Crippen molar-refractivity contribution in [2.75, 3.05) is 13.2 Å². The van der Waals surface area contributed by atoms with Crippen molar-refractivity contribution in [3.05, 3.63) is 12.7 Å². The molecule has 0 aromatic rings. The number of carbonyl (C=O) groups is 1. The second-order valence-electron chi connectivity index (χ2n) is 4.94. The number of esters is 1. The van der Waals surface area contributed by atoms with Crippen molar-refractivity contribution in [3.63, 3.8) is 0 Å². The second-order valence-corrected chi connectivity index (χ2v) is 4.94. The predicted molar refractivity (Wildman–Crippen MR) is 73.8 cm³/mol. The molecule has 2 unspecified atom stereocenters. The molecule has 0 aromatic heterocycles. The molecule has 4 nitrogen and oxygen atoms in total. The van der Waals surface area contributed by atoms with E-state index < -0.39 is 0 Å². The van der Waals surface area contributed by atoms with Crippen LogP contribution in [0.3, 0.4) is 0 Å². The molecule has 0 aromatic carbocycles. The van der Waals surface area contributed by atoms with Gasteiger partial charge in [0.15, 0.2) is 6.29 Å². The Hall–Kier alpha value is -0.870. The van der Waals surface area contributed by atoms with E-state index in [0.29, 0.717) is 19.6 Å². The van der Waals surface area contributed by atoms with Crippen LogP contribution in [0.5, 0.6) is 0 Å². The van der Waals surface area contributed by atoms with Crippen LogP contribution in [-0.4, -0.2) is 31.6 Å². The summed E-state index contributed by atoms with van der Waals surface area (Å²) in [5.41, 5.74) is 0. The van der Waals surface area contributed by atoms with Gasteiger partial charge in [0.25, 0.3) is 0 Å². The maximum absolute atomic E-state index is 11.5. The fourth-order valence-electron chi connectivity index (χ4n) is 2.03. The highest BCUT2D eigenvalue weighted by molar-refractivity contribution is 5.69. The SMILES string of the molecule is C=CCCCCCCCC(=O)OCC1COC(C)O1. The molecule has 0 radical (unpaired) electrons. The third-order valence-electron chi connectivity index (χ3n) is 3.12. The summed E-state index contributed by atoms with van der Waals surface area (Å²) in [5.74, 6) is -0.130. The van der Waals surface area contributed by atoms with Gasteiger partial charge in [0.2, 0.25) is 0 Å². The molecule has 0 saturated carbocycles. The van der Waals surface area contributed by atoms with E-state index in [-0.39, 0.29) is 18.4 Å². The first-order valence-electron chi connectivity index (χ1n) is 7.26. The van der Waals surface area contributed by atoms with Crippen LogP contribution in [0.2, 0.25) is 0 Å². The first-order chi connectivity index (χ1) is 9.22. The minimum Gasteiger partial charge on any atom is -0.463 e. The lowest BCUT2D eigenvalue weighted by molar-refractivity contribution is -0.147. The average Bonchev–Trinajstić information content (AvgIpc) is 2.81. The molecule has 1 rings (SSSR count). The lowest BCUT2D eigenvalue weighted by atomic mass is 10.1. The van der Waals surface area contributed by atoms with Crippen LogP contribution in [0.1, 0.15) is 51.9 Å². The van der Waals surface area contributed by atoms with Gasteiger partial charge in [-0.1, -0.05) is 25.3 Å². The summed E-state index contributed by atoms with van der Waals surface area (Å²) >= 11 is 0. The lowest BCUT2D eigenvalue weighted by Gasteiger charge is -2.09. The van der Waals surface area contributed by atoms with Crippen molar-refractivity contribution < 1.29 is 19.0 Å². The Morgan fingerprint density at radius 1 is 1.32 bits per heavy atom. The molecule has 0 aliphatic carbocycles. The summed E-state index contributed by atoms with van der Waals surface area (Å²) < 4.78 is 15.8. The predicted octanol–water partition coefficient (Wildman–Crippen LogP) is 3.21. The molecule has 1 fully saturated rings. The number of hydrogen-bond acceptors (Lipinski definition) is 4. The van der Waals surface area contributed by atoms with Gasteiger partial charge >= 0.3 is 5.97 Å². The van der Waals surface area contributed by atoms with Crippen LogP contribution in [0.25, 0.3) is 0 Å². The Balaban J connectivity index is 1.89. The normalized spacial score (nSPS) is 22.4. The zero-order valence-corrected chi connectivity index (χ0v) is 11.9. The molecule has 0 N–H and O–H groups in total. The maximum Gasteiger partial charge on any atom is 0.305 e. The largest absolute Gasteiger partial charge is 0.463 e. The molecule has 0 bridgehead atoms. The van der Waals surface area contributed by atoms with E-state index in [0.717, 1.165) is 19.3 Å². The summed E-state index contributed by atoms with van der Waals surface area (Å²) in [6.45, 7) is 6.36. The van der Waals surface area contributed by atoms with Crippen molar-refractivity contribution in [1.82, 2.24) is 0 Å². The van der Waals surface area contributed by atoms with Crippen molar-refractivity contribution in [2.45, 2.75) is 64.3 Å². The van der Waals surface area contributed by atoms with E-state index in [1.54, 1.807) is 0 Å². The summed E-state index contributed by atoms with van der Waals surface area (Å²) in [4.78, 5) is 11.5. The first kappa shape index (κ1) is 16.2. The molecule has 1 heterocycles. The van der Waals surface area contributed by atoms with E-state index in [1.165, 1.54) is 19.3 Å². The molecule has 1 saturated heterocycles. The average molecular weight is 270 g/mol. The summed E-state index contributed by atoms with van der Waals surface area (Å²) in [5, 5.41) is 0. The molecule has 110 valence electrons. The third kappa shape index (κ3) is 8.01. The first-order valence-corrected chi connectivity index (χ1v) is 7.26. The Kier molecular flexibility index (Phi) is 8.50. The monoisotopic (exact) mass is 270 g/mol. The smallest absolute Gasteiger partial charge is 0.305 e. The van der Waals surface area contributed by atoms with Crippen LogP contribution in [0.4, 0.5) is 0 Å². The number of rotatable bonds is 10. The highest BCUT2D eigenvalue weighted by atomic mass is 16.7. The van der Waals surface area contributed by atoms with Crippen LogP contribution < -0.4 is 0 Å². The van der Waals surface area contributed by atoms with Gasteiger partial charge in [-0.2, -0.15) is 0 Å². The van der Waals surface area contributed by atoms with Gasteiger partial charge in [-0.3, -0.25) is 4.79 Å². The van der Waals surface area contributed by atoms with Gasteiger partial charge in [0.1, 0.15) is 12.7 Å². The molecule has 1 aliphatic heterocycles. The number of ether oxygens (including phenoxy) is 3. The fraction of sp³-hybridized carbons (Fsp3) is 0.800. The Labute approximate surface area is 116 Å². The van der Waals surface area contributed by atoms with Crippen LogP contribution in [0, 0.1) is 0 Å². The van der Waals surface area contributed by atoms with Gasteiger partial charge in [-0.05, 0) is 26.2 Å². The number of carbonyl (C=O) groups excluding carboxylic acids is 1. The molecule has 4 heteroatoms. The van der Waals surface area contributed by atoms with E-state index >= 15 is 0 Å². The van der Waals surface area contributed by atoms with E-state index in [9.17, 15) is 4.79 Å². The van der Waals surface area contributed by atoms with Crippen molar-refractivity contribution in [2.24, 2.45) is 0 Å². The van der Waals surface area contributed by atoms with Gasteiger partial charge < -0.3 is 14.2 Å². The molecule has 0 amide bonds. The Morgan fingerprint density at radius 3 is 2.74 bits per heavy atom. The topological polar surface area (TPSA) is 44.8 Å². The summed E-state index contributed by atoms with van der Waals surface area (Å²) in [6, 6.07) is 0. The molecule has 2 atom stereocenters. The number of unbranched alkanes of at least 4 members (excludes halogenated alkanes) is 5. The van der Waals surface area contributed by atoms with Gasteiger partial charge in [-0.25, -0.2) is 0 Å². The maximum atomic E-state index is 11.5. The van der Waals surface area contributed by atoms with Crippen LogP contribution in [-0.2, 0) is 19.0 Å². The van der Waals surface area contributed by atoms with E-state index in [2.05, 4.69) is 6.58 Å².